The van der Waals surface area contributed by atoms with Gasteiger partial charge in [0.05, 0.1) is 10.4 Å². The molecular weight excluding hydrogens is 262 g/mol. The number of aryl methyl sites for hydroxylation is 1. The van der Waals surface area contributed by atoms with Crippen LogP contribution in [0.25, 0.3) is 10.9 Å². The van der Waals surface area contributed by atoms with E-state index in [-0.39, 0.29) is 16.8 Å². The van der Waals surface area contributed by atoms with Crippen molar-refractivity contribution in [2.24, 2.45) is 0 Å². The maximum absolute atomic E-state index is 11.3. The zero-order valence-corrected chi connectivity index (χ0v) is 10.9. The number of rotatable bonds is 5. The first-order valence-electron chi connectivity index (χ1n) is 6.21. The molecule has 104 valence electrons. The largest absolute Gasteiger partial charge is 0.476 e. The minimum atomic E-state index is -1.21. The van der Waals surface area contributed by atoms with Crippen LogP contribution >= 0.6 is 0 Å². The van der Waals surface area contributed by atoms with Gasteiger partial charge >= 0.3 is 5.97 Å². The molecule has 7 nitrogen and oxygen atoms in total. The highest BCUT2D eigenvalue weighted by atomic mass is 16.6. The summed E-state index contributed by atoms with van der Waals surface area (Å²) in [6.45, 7) is 2.02. The first kappa shape index (κ1) is 13.9. The highest BCUT2D eigenvalue weighted by molar-refractivity contribution is 6.01. The van der Waals surface area contributed by atoms with E-state index in [0.29, 0.717) is 17.8 Å². The van der Waals surface area contributed by atoms with Gasteiger partial charge in [-0.25, -0.2) is 14.8 Å². The average Bonchev–Trinajstić information content (AvgIpc) is 2.43. The number of fused-ring (bicyclic) bond motifs is 1. The molecule has 1 N–H and O–H groups in total. The molecule has 0 spiro atoms. The molecule has 0 radical (unpaired) electrons. The molecule has 7 heteroatoms. The van der Waals surface area contributed by atoms with Crippen molar-refractivity contribution in [1.29, 1.82) is 0 Å². The molecule has 0 atom stereocenters. The second-order valence-corrected chi connectivity index (χ2v) is 4.36. The lowest BCUT2D eigenvalue weighted by molar-refractivity contribution is -0.384. The smallest absolute Gasteiger partial charge is 0.355 e. The highest BCUT2D eigenvalue weighted by Gasteiger charge is 2.17. The van der Waals surface area contributed by atoms with Crippen molar-refractivity contribution in [1.82, 2.24) is 9.97 Å². The topological polar surface area (TPSA) is 106 Å². The number of unbranched alkanes of at least 4 members (excludes halogenated alkanes) is 1. The Morgan fingerprint density at radius 2 is 2.15 bits per heavy atom. The molecule has 1 aromatic heterocycles. The average molecular weight is 275 g/mol. The second-order valence-electron chi connectivity index (χ2n) is 4.36. The summed E-state index contributed by atoms with van der Waals surface area (Å²) in [6.07, 6.45) is 2.39. The molecule has 2 rings (SSSR count). The van der Waals surface area contributed by atoms with Crippen LogP contribution in [-0.2, 0) is 6.42 Å². The van der Waals surface area contributed by atoms with Crippen LogP contribution in [0.5, 0.6) is 0 Å². The molecule has 0 saturated carbocycles. The van der Waals surface area contributed by atoms with Crippen LogP contribution in [0.4, 0.5) is 5.69 Å². The van der Waals surface area contributed by atoms with Gasteiger partial charge in [0.25, 0.3) is 5.69 Å². The molecule has 0 aliphatic heterocycles. The number of hydrogen-bond donors (Lipinski definition) is 1. The van der Waals surface area contributed by atoms with Gasteiger partial charge in [-0.15, -0.1) is 0 Å². The van der Waals surface area contributed by atoms with Crippen molar-refractivity contribution in [2.45, 2.75) is 26.2 Å². The molecule has 1 aromatic carbocycles. The molecule has 0 saturated heterocycles. The number of nitrogens with zero attached hydrogens (tertiary/aromatic N) is 3. The summed E-state index contributed by atoms with van der Waals surface area (Å²) in [7, 11) is 0. The maximum Gasteiger partial charge on any atom is 0.355 e. The molecule has 0 fully saturated rings. The molecule has 0 aliphatic rings. The van der Waals surface area contributed by atoms with Gasteiger partial charge in [0.1, 0.15) is 5.82 Å². The monoisotopic (exact) mass is 275 g/mol. The number of aromatic nitrogens is 2. The fraction of sp³-hybridized carbons (Fsp3) is 0.308. The number of carboxylic acid groups (broad SMARTS) is 1. The van der Waals surface area contributed by atoms with Gasteiger partial charge in [-0.3, -0.25) is 10.1 Å². The van der Waals surface area contributed by atoms with Gasteiger partial charge in [0, 0.05) is 23.9 Å². The number of non-ortho nitro benzene ring substituents is 1. The number of nitro benzene ring substituents is 1. The summed E-state index contributed by atoms with van der Waals surface area (Å²) in [4.78, 5) is 29.7. The van der Waals surface area contributed by atoms with Crippen LogP contribution in [-0.4, -0.2) is 26.0 Å². The van der Waals surface area contributed by atoms with E-state index < -0.39 is 10.9 Å². The van der Waals surface area contributed by atoms with Gasteiger partial charge in [-0.05, 0) is 12.5 Å². The molecule has 1 heterocycles. The molecule has 2 aromatic rings. The number of aromatic carboxylic acids is 1. The molecule has 0 bridgehead atoms. The third kappa shape index (κ3) is 2.71. The van der Waals surface area contributed by atoms with Gasteiger partial charge in [0.15, 0.2) is 5.69 Å². The Bertz CT molecular complexity index is 685. The third-order valence-corrected chi connectivity index (χ3v) is 2.89. The van der Waals surface area contributed by atoms with Crippen LogP contribution in [0.3, 0.4) is 0 Å². The van der Waals surface area contributed by atoms with Crippen molar-refractivity contribution in [2.75, 3.05) is 0 Å². The van der Waals surface area contributed by atoms with Crippen molar-refractivity contribution >= 4 is 22.6 Å². The predicted molar refractivity (Wildman–Crippen MR) is 71.8 cm³/mol. The molecule has 0 unspecified atom stereocenters. The summed E-state index contributed by atoms with van der Waals surface area (Å²) in [6, 6.07) is 3.96. The van der Waals surface area contributed by atoms with Gasteiger partial charge in [0.2, 0.25) is 0 Å². The van der Waals surface area contributed by atoms with Gasteiger partial charge in [-0.2, -0.15) is 0 Å². The minimum Gasteiger partial charge on any atom is -0.476 e. The number of hydrogen-bond acceptors (Lipinski definition) is 5. The third-order valence-electron chi connectivity index (χ3n) is 2.89. The number of carboxylic acids is 1. The van der Waals surface area contributed by atoms with Crippen molar-refractivity contribution in [3.05, 3.63) is 39.8 Å². The Balaban J connectivity index is 2.62. The maximum atomic E-state index is 11.3. The van der Waals surface area contributed by atoms with Crippen LogP contribution in [0.2, 0.25) is 0 Å². The Morgan fingerprint density at radius 3 is 2.75 bits per heavy atom. The van der Waals surface area contributed by atoms with E-state index in [9.17, 15) is 20.0 Å². The van der Waals surface area contributed by atoms with Gasteiger partial charge in [-0.1, -0.05) is 13.3 Å². The second kappa shape index (κ2) is 5.60. The number of nitro groups is 1. The molecule has 20 heavy (non-hydrogen) atoms. The van der Waals surface area contributed by atoms with E-state index in [0.717, 1.165) is 12.8 Å². The van der Waals surface area contributed by atoms with Gasteiger partial charge < -0.3 is 5.11 Å². The fourth-order valence-corrected chi connectivity index (χ4v) is 1.89. The Kier molecular flexibility index (Phi) is 3.88. The summed E-state index contributed by atoms with van der Waals surface area (Å²) in [5.41, 5.74) is 0.0452. The van der Waals surface area contributed by atoms with Crippen molar-refractivity contribution < 1.29 is 14.8 Å². The summed E-state index contributed by atoms with van der Waals surface area (Å²) in [5, 5.41) is 20.1. The zero-order chi connectivity index (χ0) is 14.7. The van der Waals surface area contributed by atoms with Crippen molar-refractivity contribution in [3.63, 3.8) is 0 Å². The first-order valence-corrected chi connectivity index (χ1v) is 6.21. The van der Waals surface area contributed by atoms with E-state index >= 15 is 0 Å². The molecular formula is C13H13N3O4. The number of benzene rings is 1. The van der Waals surface area contributed by atoms with Crippen LogP contribution in [0.1, 0.15) is 36.1 Å². The van der Waals surface area contributed by atoms with E-state index in [1.165, 1.54) is 18.2 Å². The van der Waals surface area contributed by atoms with E-state index in [2.05, 4.69) is 9.97 Å². The predicted octanol–water partition coefficient (Wildman–Crippen LogP) is 2.58. The molecule has 0 aliphatic carbocycles. The zero-order valence-electron chi connectivity index (χ0n) is 10.9. The van der Waals surface area contributed by atoms with E-state index in [1.807, 2.05) is 6.92 Å². The SMILES string of the molecule is CCCCc1nc(C(=O)O)c2cc([N+](=O)[O-])ccc2n1. The minimum absolute atomic E-state index is 0.176. The van der Waals surface area contributed by atoms with E-state index in [1.54, 1.807) is 0 Å². The Hall–Kier alpha value is -2.57. The van der Waals surface area contributed by atoms with Crippen LogP contribution < -0.4 is 0 Å². The molecule has 0 amide bonds. The normalized spacial score (nSPS) is 10.7. The van der Waals surface area contributed by atoms with Crippen LogP contribution in [0.15, 0.2) is 18.2 Å². The Labute approximate surface area is 114 Å². The first-order chi connectivity index (χ1) is 9.52. The quantitative estimate of drug-likeness (QED) is 0.664. The standard InChI is InChI=1S/C13H13N3O4/c1-2-3-4-11-14-10-6-5-8(16(19)20)7-9(10)12(15-11)13(17)18/h5-7H,2-4H2,1H3,(H,17,18). The fourth-order valence-electron chi connectivity index (χ4n) is 1.89. The summed E-state index contributed by atoms with van der Waals surface area (Å²) >= 11 is 0. The van der Waals surface area contributed by atoms with Crippen LogP contribution in [0, 0.1) is 10.1 Å². The summed E-state index contributed by atoms with van der Waals surface area (Å²) in [5.74, 6) is -0.763. The van der Waals surface area contributed by atoms with Crippen molar-refractivity contribution in [3.8, 4) is 0 Å². The lowest BCUT2D eigenvalue weighted by atomic mass is 10.1. The lowest BCUT2D eigenvalue weighted by Crippen LogP contribution is -2.07. The Morgan fingerprint density at radius 1 is 1.40 bits per heavy atom. The number of carbonyl (C=O) groups is 1. The lowest BCUT2D eigenvalue weighted by Gasteiger charge is -2.05. The highest BCUT2D eigenvalue weighted by Crippen LogP contribution is 2.22. The van der Waals surface area contributed by atoms with E-state index in [4.69, 9.17) is 0 Å². The summed E-state index contributed by atoms with van der Waals surface area (Å²) < 4.78 is 0.